The molecule has 1 rings (SSSR count). The molecule has 1 aromatic rings. The molecule has 3 heteroatoms. The van der Waals surface area contributed by atoms with Crippen molar-refractivity contribution < 1.29 is 14.2 Å². The van der Waals surface area contributed by atoms with Gasteiger partial charge in [0.2, 0.25) is 0 Å². The second kappa shape index (κ2) is 7.86. The van der Waals surface area contributed by atoms with Gasteiger partial charge in [0.05, 0.1) is 13.2 Å². The van der Waals surface area contributed by atoms with Crippen LogP contribution in [0.2, 0.25) is 0 Å². The maximum atomic E-state index is 13.3. The summed E-state index contributed by atoms with van der Waals surface area (Å²) >= 11 is 0. The van der Waals surface area contributed by atoms with E-state index in [1.165, 1.54) is 12.1 Å². The van der Waals surface area contributed by atoms with Crippen LogP contribution in [0.4, 0.5) is 4.39 Å². The van der Waals surface area contributed by atoms with Gasteiger partial charge < -0.3 is 9.84 Å². The van der Waals surface area contributed by atoms with E-state index in [0.717, 1.165) is 5.56 Å². The second-order valence-corrected chi connectivity index (χ2v) is 4.53. The van der Waals surface area contributed by atoms with E-state index in [2.05, 4.69) is 25.7 Å². The van der Waals surface area contributed by atoms with Crippen LogP contribution in [-0.4, -0.2) is 18.3 Å². The summed E-state index contributed by atoms with van der Waals surface area (Å²) in [5, 5.41) is 8.62. The second-order valence-electron chi connectivity index (χ2n) is 4.53. The Kier molecular flexibility index (Phi) is 6.42. The van der Waals surface area contributed by atoms with Crippen molar-refractivity contribution in [3.05, 3.63) is 35.1 Å². The summed E-state index contributed by atoms with van der Waals surface area (Å²) in [5.41, 5.74) is 1.40. The molecule has 0 aromatic heterocycles. The lowest BCUT2D eigenvalue weighted by atomic mass is 10.1. The van der Waals surface area contributed by atoms with E-state index in [1.54, 1.807) is 0 Å². The molecule has 0 unspecified atom stereocenters. The molecule has 0 atom stereocenters. The Hall–Kier alpha value is -1.37. The van der Waals surface area contributed by atoms with Crippen molar-refractivity contribution in [3.8, 4) is 11.8 Å². The normalized spacial score (nSPS) is 10.3. The summed E-state index contributed by atoms with van der Waals surface area (Å²) in [6.07, 6.45) is 0.399. The zero-order chi connectivity index (χ0) is 13.4. The molecule has 0 aliphatic rings. The maximum Gasteiger partial charge on any atom is 0.124 e. The van der Waals surface area contributed by atoms with E-state index >= 15 is 0 Å². The fourth-order valence-corrected chi connectivity index (χ4v) is 1.44. The number of aliphatic hydroxyl groups excluding tert-OH is 1. The van der Waals surface area contributed by atoms with Crippen LogP contribution in [0.15, 0.2) is 18.2 Å². The van der Waals surface area contributed by atoms with Gasteiger partial charge >= 0.3 is 0 Å². The first kappa shape index (κ1) is 14.7. The van der Waals surface area contributed by atoms with Crippen molar-refractivity contribution in [1.29, 1.82) is 0 Å². The number of rotatable bonds is 5. The van der Waals surface area contributed by atoms with Crippen molar-refractivity contribution >= 4 is 0 Å². The summed E-state index contributed by atoms with van der Waals surface area (Å²) in [4.78, 5) is 0. The lowest BCUT2D eigenvalue weighted by Crippen LogP contribution is -2.02. The molecule has 18 heavy (non-hydrogen) atoms. The van der Waals surface area contributed by atoms with Crippen LogP contribution < -0.4 is 0 Å². The minimum absolute atomic E-state index is 0.0205. The number of benzene rings is 1. The van der Waals surface area contributed by atoms with Crippen LogP contribution in [0.3, 0.4) is 0 Å². The Morgan fingerprint density at radius 2 is 2.11 bits per heavy atom. The smallest absolute Gasteiger partial charge is 0.124 e. The molecule has 0 amide bonds. The molecule has 1 aromatic carbocycles. The van der Waals surface area contributed by atoms with E-state index in [9.17, 15) is 4.39 Å². The molecule has 0 heterocycles. The van der Waals surface area contributed by atoms with Gasteiger partial charge in [0.1, 0.15) is 5.82 Å². The van der Waals surface area contributed by atoms with Crippen LogP contribution in [0.25, 0.3) is 0 Å². The van der Waals surface area contributed by atoms with Gasteiger partial charge in [0, 0.05) is 18.6 Å². The van der Waals surface area contributed by atoms with E-state index in [0.29, 0.717) is 31.1 Å². The summed E-state index contributed by atoms with van der Waals surface area (Å²) in [7, 11) is 0. The Balaban J connectivity index is 2.66. The van der Waals surface area contributed by atoms with Gasteiger partial charge in [-0.25, -0.2) is 4.39 Å². The molecule has 0 saturated heterocycles. The topological polar surface area (TPSA) is 29.5 Å². The molecule has 0 aliphatic carbocycles. The van der Waals surface area contributed by atoms with Gasteiger partial charge in [-0.2, -0.15) is 0 Å². The highest BCUT2D eigenvalue weighted by Gasteiger charge is 2.01. The molecule has 0 spiro atoms. The molecule has 0 saturated carbocycles. The van der Waals surface area contributed by atoms with E-state index in [1.807, 2.05) is 6.07 Å². The van der Waals surface area contributed by atoms with Crippen LogP contribution in [0, 0.1) is 23.6 Å². The van der Waals surface area contributed by atoms with Crippen molar-refractivity contribution in [2.75, 3.05) is 13.2 Å². The summed E-state index contributed by atoms with van der Waals surface area (Å²) in [5.74, 6) is 5.74. The van der Waals surface area contributed by atoms with Crippen molar-refractivity contribution in [2.45, 2.75) is 26.9 Å². The Morgan fingerprint density at radius 1 is 1.33 bits per heavy atom. The third-order valence-corrected chi connectivity index (χ3v) is 2.15. The summed E-state index contributed by atoms with van der Waals surface area (Å²) < 4.78 is 18.8. The molecule has 98 valence electrons. The fourth-order valence-electron chi connectivity index (χ4n) is 1.44. The van der Waals surface area contributed by atoms with Gasteiger partial charge in [0.15, 0.2) is 0 Å². The van der Waals surface area contributed by atoms with Crippen LogP contribution in [0.1, 0.15) is 31.4 Å². The molecule has 0 fully saturated rings. The third-order valence-electron chi connectivity index (χ3n) is 2.15. The van der Waals surface area contributed by atoms with Gasteiger partial charge in [-0.1, -0.05) is 25.7 Å². The average molecular weight is 250 g/mol. The summed E-state index contributed by atoms with van der Waals surface area (Å²) in [6, 6.07) is 4.65. The lowest BCUT2D eigenvalue weighted by molar-refractivity contribution is 0.0969. The number of hydrogen-bond donors (Lipinski definition) is 1. The zero-order valence-electron chi connectivity index (χ0n) is 10.9. The van der Waals surface area contributed by atoms with E-state index in [-0.39, 0.29) is 12.4 Å². The number of ether oxygens (including phenoxy) is 1. The lowest BCUT2D eigenvalue weighted by Gasteiger charge is -2.07. The predicted molar refractivity (Wildman–Crippen MR) is 69.5 cm³/mol. The van der Waals surface area contributed by atoms with Crippen LogP contribution in [0.5, 0.6) is 0 Å². The van der Waals surface area contributed by atoms with Gasteiger partial charge in [-0.3, -0.25) is 0 Å². The first-order valence-corrected chi connectivity index (χ1v) is 6.08. The van der Waals surface area contributed by atoms with Crippen molar-refractivity contribution in [1.82, 2.24) is 0 Å². The Bertz CT molecular complexity index is 430. The molecule has 0 aliphatic heterocycles. The molecule has 1 N–H and O–H groups in total. The third kappa shape index (κ3) is 5.81. The first-order valence-electron chi connectivity index (χ1n) is 6.08. The van der Waals surface area contributed by atoms with Crippen molar-refractivity contribution in [2.24, 2.45) is 5.92 Å². The van der Waals surface area contributed by atoms with Gasteiger partial charge in [-0.15, -0.1) is 0 Å². The molecule has 0 bridgehead atoms. The number of halogens is 1. The highest BCUT2D eigenvalue weighted by molar-refractivity contribution is 5.37. The highest BCUT2D eigenvalue weighted by Crippen LogP contribution is 2.10. The van der Waals surface area contributed by atoms with Crippen molar-refractivity contribution in [3.63, 3.8) is 0 Å². The van der Waals surface area contributed by atoms with E-state index in [4.69, 9.17) is 9.84 Å². The zero-order valence-corrected chi connectivity index (χ0v) is 10.9. The minimum atomic E-state index is -0.311. The molecule has 0 radical (unpaired) electrons. The number of hydrogen-bond acceptors (Lipinski definition) is 2. The maximum absolute atomic E-state index is 13.3. The number of aliphatic hydroxyl groups is 1. The largest absolute Gasteiger partial charge is 0.395 e. The standard InChI is InChI=1S/C15H19FO2/c1-12(2)10-18-11-14-7-13(5-3-4-6-17)8-15(16)9-14/h7-9,12,17H,4,6,10-11H2,1-2H3. The quantitative estimate of drug-likeness (QED) is 0.814. The summed E-state index contributed by atoms with van der Waals surface area (Å²) in [6.45, 7) is 5.20. The predicted octanol–water partition coefficient (Wildman–Crippen LogP) is 2.73. The highest BCUT2D eigenvalue weighted by atomic mass is 19.1. The molecular formula is C15H19FO2. The minimum Gasteiger partial charge on any atom is -0.395 e. The molecule has 2 nitrogen and oxygen atoms in total. The average Bonchev–Trinajstić information content (AvgIpc) is 2.28. The first-order chi connectivity index (χ1) is 8.61. The Morgan fingerprint density at radius 3 is 2.78 bits per heavy atom. The van der Waals surface area contributed by atoms with Gasteiger partial charge in [-0.05, 0) is 29.7 Å². The monoisotopic (exact) mass is 250 g/mol. The van der Waals surface area contributed by atoms with E-state index < -0.39 is 0 Å². The van der Waals surface area contributed by atoms with Crippen LogP contribution >= 0.6 is 0 Å². The fraction of sp³-hybridized carbons (Fsp3) is 0.467. The SMILES string of the molecule is CC(C)COCc1cc(F)cc(C#CCCO)c1. The Labute approximate surface area is 108 Å². The molecular weight excluding hydrogens is 231 g/mol. The van der Waals surface area contributed by atoms with Gasteiger partial charge in [0.25, 0.3) is 0 Å². The van der Waals surface area contributed by atoms with Crippen LogP contribution in [-0.2, 0) is 11.3 Å².